The summed E-state index contributed by atoms with van der Waals surface area (Å²) in [5.74, 6) is -0.404. The number of carbonyl (C=O) groups excluding carboxylic acids is 2. The van der Waals surface area contributed by atoms with Crippen LogP contribution in [0.3, 0.4) is 0 Å². The molecule has 5 nitrogen and oxygen atoms in total. The molecule has 0 unspecified atom stereocenters. The summed E-state index contributed by atoms with van der Waals surface area (Å²) in [4.78, 5) is 29.7. The first-order valence-corrected chi connectivity index (χ1v) is 6.92. The lowest BCUT2D eigenvalue weighted by molar-refractivity contribution is -0.121. The van der Waals surface area contributed by atoms with Crippen molar-refractivity contribution in [2.24, 2.45) is 0 Å². The highest BCUT2D eigenvalue weighted by atomic mass is 16.2. The molecule has 22 heavy (non-hydrogen) atoms. The first kappa shape index (κ1) is 14.0. The molecule has 0 spiro atoms. The summed E-state index contributed by atoms with van der Waals surface area (Å²) in [6, 6.07) is 10.9. The van der Waals surface area contributed by atoms with Gasteiger partial charge in [-0.15, -0.1) is 0 Å². The Balaban J connectivity index is 1.63. The second-order valence-corrected chi connectivity index (χ2v) is 5.02. The second kappa shape index (κ2) is 5.81. The molecule has 0 bridgehead atoms. The number of hydrogen-bond acceptors (Lipinski definition) is 3. The Morgan fingerprint density at radius 3 is 2.50 bits per heavy atom. The van der Waals surface area contributed by atoms with Gasteiger partial charge in [-0.1, -0.05) is 24.8 Å². The summed E-state index contributed by atoms with van der Waals surface area (Å²) < 4.78 is 0. The minimum absolute atomic E-state index is 0.0303. The van der Waals surface area contributed by atoms with E-state index in [2.05, 4.69) is 16.9 Å². The van der Waals surface area contributed by atoms with Crippen molar-refractivity contribution in [3.63, 3.8) is 0 Å². The highest BCUT2D eigenvalue weighted by molar-refractivity contribution is 6.10. The highest BCUT2D eigenvalue weighted by Crippen LogP contribution is 2.30. The monoisotopic (exact) mass is 293 g/mol. The van der Waals surface area contributed by atoms with Crippen LogP contribution in [-0.4, -0.2) is 28.2 Å². The topological polar surface area (TPSA) is 62.3 Å². The first-order chi connectivity index (χ1) is 10.7. The molecule has 0 saturated heterocycles. The summed E-state index contributed by atoms with van der Waals surface area (Å²) >= 11 is 0. The summed E-state index contributed by atoms with van der Waals surface area (Å²) in [5, 5.41) is 2.79. The molecule has 0 saturated carbocycles. The van der Waals surface area contributed by atoms with Crippen LogP contribution in [0.5, 0.6) is 0 Å². The molecule has 1 N–H and O–H groups in total. The van der Waals surface area contributed by atoms with Crippen molar-refractivity contribution in [1.82, 2.24) is 15.2 Å². The summed E-state index contributed by atoms with van der Waals surface area (Å²) in [7, 11) is 0. The largest absolute Gasteiger partial charge is 0.350 e. The van der Waals surface area contributed by atoms with E-state index in [4.69, 9.17) is 0 Å². The lowest BCUT2D eigenvalue weighted by Gasteiger charge is -2.16. The second-order valence-electron chi connectivity index (χ2n) is 5.02. The van der Waals surface area contributed by atoms with Gasteiger partial charge in [-0.05, 0) is 23.8 Å². The first-order valence-electron chi connectivity index (χ1n) is 6.92. The molecular weight excluding hydrogens is 278 g/mol. The zero-order chi connectivity index (χ0) is 15.5. The van der Waals surface area contributed by atoms with Crippen LogP contribution in [0.25, 0.3) is 5.70 Å². The van der Waals surface area contributed by atoms with Gasteiger partial charge in [-0.3, -0.25) is 19.5 Å². The Morgan fingerprint density at radius 1 is 1.14 bits per heavy atom. The summed E-state index contributed by atoms with van der Waals surface area (Å²) in [6.45, 7) is 4.29. The number of nitrogens with one attached hydrogen (secondary N) is 1. The predicted octanol–water partition coefficient (Wildman–Crippen LogP) is 1.82. The van der Waals surface area contributed by atoms with Gasteiger partial charge < -0.3 is 5.32 Å². The maximum absolute atomic E-state index is 12.3. The normalized spacial score (nSPS) is 13.2. The molecule has 0 atom stereocenters. The molecule has 2 amide bonds. The third kappa shape index (κ3) is 2.61. The average molecular weight is 293 g/mol. The van der Waals surface area contributed by atoms with Gasteiger partial charge in [0.1, 0.15) is 6.54 Å². The number of pyridine rings is 1. The van der Waals surface area contributed by atoms with E-state index in [0.29, 0.717) is 17.8 Å². The number of benzene rings is 1. The van der Waals surface area contributed by atoms with Crippen LogP contribution in [0.2, 0.25) is 0 Å². The number of hydrogen-bond donors (Lipinski definition) is 1. The van der Waals surface area contributed by atoms with Crippen LogP contribution in [0.4, 0.5) is 0 Å². The van der Waals surface area contributed by atoms with E-state index in [1.54, 1.807) is 24.5 Å². The third-order valence-corrected chi connectivity index (χ3v) is 3.58. The molecule has 0 radical (unpaired) electrons. The molecule has 110 valence electrons. The van der Waals surface area contributed by atoms with Crippen molar-refractivity contribution in [2.45, 2.75) is 6.54 Å². The molecule has 1 aliphatic rings. The molecule has 0 aliphatic carbocycles. The zero-order valence-electron chi connectivity index (χ0n) is 12.0. The molecule has 2 heterocycles. The van der Waals surface area contributed by atoms with Crippen LogP contribution in [0, 0.1) is 0 Å². The van der Waals surface area contributed by atoms with Gasteiger partial charge in [0, 0.05) is 35.8 Å². The number of carbonyl (C=O) groups is 2. The van der Waals surface area contributed by atoms with Crippen molar-refractivity contribution >= 4 is 17.5 Å². The summed E-state index contributed by atoms with van der Waals surface area (Å²) in [6.07, 6.45) is 3.34. The van der Waals surface area contributed by atoms with E-state index in [-0.39, 0.29) is 18.4 Å². The standard InChI is InChI=1S/C17H15N3O2/c1-12-14-4-2-3-5-15(14)17(22)20(12)11-16(21)19-10-13-6-8-18-9-7-13/h2-9H,1,10-11H2,(H,19,21). The van der Waals surface area contributed by atoms with E-state index < -0.39 is 0 Å². The fourth-order valence-electron chi connectivity index (χ4n) is 2.40. The minimum atomic E-state index is -0.223. The van der Waals surface area contributed by atoms with Gasteiger partial charge in [-0.2, -0.15) is 0 Å². The molecule has 3 rings (SSSR count). The Labute approximate surface area is 128 Å². The smallest absolute Gasteiger partial charge is 0.259 e. The van der Waals surface area contributed by atoms with Crippen LogP contribution in [0.15, 0.2) is 55.4 Å². The highest BCUT2D eigenvalue weighted by Gasteiger charge is 2.31. The molecule has 1 aliphatic heterocycles. The van der Waals surface area contributed by atoms with Gasteiger partial charge in [0.2, 0.25) is 5.91 Å². The molecule has 5 heteroatoms. The van der Waals surface area contributed by atoms with Crippen molar-refractivity contribution in [2.75, 3.05) is 6.54 Å². The van der Waals surface area contributed by atoms with Crippen molar-refractivity contribution in [3.05, 3.63) is 72.1 Å². The number of amides is 2. The van der Waals surface area contributed by atoms with Crippen LogP contribution >= 0.6 is 0 Å². The maximum atomic E-state index is 12.3. The maximum Gasteiger partial charge on any atom is 0.259 e. The van der Waals surface area contributed by atoms with Crippen molar-refractivity contribution in [1.29, 1.82) is 0 Å². The SMILES string of the molecule is C=C1c2ccccc2C(=O)N1CC(=O)NCc1ccncc1. The van der Waals surface area contributed by atoms with Gasteiger partial charge in [-0.25, -0.2) is 0 Å². The Hall–Kier alpha value is -2.95. The number of nitrogens with zero attached hydrogens (tertiary/aromatic N) is 2. The molecule has 1 aromatic carbocycles. The lowest BCUT2D eigenvalue weighted by atomic mass is 10.1. The van der Waals surface area contributed by atoms with E-state index in [0.717, 1.165) is 11.1 Å². The molecule has 1 aromatic heterocycles. The van der Waals surface area contributed by atoms with E-state index in [9.17, 15) is 9.59 Å². The van der Waals surface area contributed by atoms with Crippen LogP contribution in [0.1, 0.15) is 21.5 Å². The van der Waals surface area contributed by atoms with Gasteiger partial charge in [0.15, 0.2) is 0 Å². The zero-order valence-corrected chi connectivity index (χ0v) is 12.0. The number of rotatable bonds is 4. The Morgan fingerprint density at radius 2 is 1.82 bits per heavy atom. The Bertz CT molecular complexity index is 706. The number of fused-ring (bicyclic) bond motifs is 1. The van der Waals surface area contributed by atoms with E-state index >= 15 is 0 Å². The van der Waals surface area contributed by atoms with Crippen LogP contribution in [-0.2, 0) is 11.3 Å². The fraction of sp³-hybridized carbons (Fsp3) is 0.118. The third-order valence-electron chi connectivity index (χ3n) is 3.58. The summed E-state index contributed by atoms with van der Waals surface area (Å²) in [5.41, 5.74) is 2.90. The average Bonchev–Trinajstić information content (AvgIpc) is 2.79. The minimum Gasteiger partial charge on any atom is -0.350 e. The quantitative estimate of drug-likeness (QED) is 0.935. The molecule has 2 aromatic rings. The molecular formula is C17H15N3O2. The van der Waals surface area contributed by atoms with E-state index in [1.165, 1.54) is 4.90 Å². The molecule has 0 fully saturated rings. The Kier molecular flexibility index (Phi) is 3.70. The van der Waals surface area contributed by atoms with E-state index in [1.807, 2.05) is 24.3 Å². The number of aromatic nitrogens is 1. The fourth-order valence-corrected chi connectivity index (χ4v) is 2.40. The predicted molar refractivity (Wildman–Crippen MR) is 82.6 cm³/mol. The van der Waals surface area contributed by atoms with Crippen LogP contribution < -0.4 is 5.32 Å². The van der Waals surface area contributed by atoms with Gasteiger partial charge in [0.25, 0.3) is 5.91 Å². The van der Waals surface area contributed by atoms with Gasteiger partial charge >= 0.3 is 0 Å². The lowest BCUT2D eigenvalue weighted by Crippen LogP contribution is -2.36. The van der Waals surface area contributed by atoms with Gasteiger partial charge in [0.05, 0.1) is 0 Å². The van der Waals surface area contributed by atoms with Crippen molar-refractivity contribution in [3.8, 4) is 0 Å². The van der Waals surface area contributed by atoms with Crippen molar-refractivity contribution < 1.29 is 9.59 Å².